The molecule has 3 unspecified atom stereocenters. The zero-order valence-electron chi connectivity index (χ0n) is 11.3. The summed E-state index contributed by atoms with van der Waals surface area (Å²) in [6.45, 7) is 13.9. The van der Waals surface area contributed by atoms with Crippen LogP contribution in [0.25, 0.3) is 0 Å². The first-order valence-corrected chi connectivity index (χ1v) is 6.99. The van der Waals surface area contributed by atoms with Crippen LogP contribution in [0.5, 0.6) is 0 Å². The standard InChI is InChI=1S/C12H25NO2S/c1-11(2,3)9-7-8-13(16(14)15)10(9)12(4,5)6/h9-10H,7-8H2,1-6H3,(H,14,15). The second-order valence-corrected chi connectivity index (χ2v) is 7.87. The highest BCUT2D eigenvalue weighted by Gasteiger charge is 2.48. The van der Waals surface area contributed by atoms with Gasteiger partial charge < -0.3 is 0 Å². The van der Waals surface area contributed by atoms with Gasteiger partial charge in [-0.2, -0.15) is 4.31 Å². The molecule has 0 aliphatic carbocycles. The number of hydrogen-bond acceptors (Lipinski definition) is 1. The fourth-order valence-corrected chi connectivity index (χ4v) is 3.80. The number of nitrogens with zero attached hydrogens (tertiary/aromatic N) is 1. The van der Waals surface area contributed by atoms with Gasteiger partial charge in [-0.3, -0.25) is 4.55 Å². The molecule has 1 aliphatic rings. The van der Waals surface area contributed by atoms with Crippen molar-refractivity contribution in [1.82, 2.24) is 4.31 Å². The Morgan fingerprint density at radius 2 is 1.62 bits per heavy atom. The van der Waals surface area contributed by atoms with Gasteiger partial charge in [-0.1, -0.05) is 41.5 Å². The van der Waals surface area contributed by atoms with Crippen molar-refractivity contribution in [1.29, 1.82) is 0 Å². The second-order valence-electron chi connectivity index (χ2n) is 6.94. The van der Waals surface area contributed by atoms with Crippen molar-refractivity contribution < 1.29 is 8.76 Å². The lowest BCUT2D eigenvalue weighted by Crippen LogP contribution is -2.46. The zero-order valence-corrected chi connectivity index (χ0v) is 12.1. The summed E-state index contributed by atoms with van der Waals surface area (Å²) in [5.41, 5.74) is 0.221. The fourth-order valence-electron chi connectivity index (χ4n) is 2.88. The lowest BCUT2D eigenvalue weighted by atomic mass is 9.69. The Hall–Kier alpha value is 0.0700. The van der Waals surface area contributed by atoms with Crippen molar-refractivity contribution in [2.45, 2.75) is 54.0 Å². The molecule has 1 rings (SSSR count). The highest BCUT2D eigenvalue weighted by molar-refractivity contribution is 7.76. The van der Waals surface area contributed by atoms with E-state index >= 15 is 0 Å². The molecule has 0 aromatic carbocycles. The van der Waals surface area contributed by atoms with Gasteiger partial charge in [-0.25, -0.2) is 4.21 Å². The predicted molar refractivity (Wildman–Crippen MR) is 68.3 cm³/mol. The summed E-state index contributed by atoms with van der Waals surface area (Å²) in [6.07, 6.45) is 1.01. The van der Waals surface area contributed by atoms with E-state index in [2.05, 4.69) is 41.5 Å². The molecule has 96 valence electrons. The minimum absolute atomic E-state index is 0.0346. The first-order chi connectivity index (χ1) is 7.05. The minimum Gasteiger partial charge on any atom is -0.294 e. The van der Waals surface area contributed by atoms with E-state index in [1.807, 2.05) is 0 Å². The molecule has 0 spiro atoms. The highest BCUT2D eigenvalue weighted by atomic mass is 32.2. The summed E-state index contributed by atoms with van der Waals surface area (Å²) in [4.78, 5) is 0. The molecule has 1 saturated heterocycles. The Kier molecular flexibility index (Phi) is 3.88. The summed E-state index contributed by atoms with van der Waals surface area (Å²) >= 11 is -1.84. The monoisotopic (exact) mass is 247 g/mol. The van der Waals surface area contributed by atoms with Gasteiger partial charge in [0.1, 0.15) is 0 Å². The largest absolute Gasteiger partial charge is 0.294 e. The average Bonchev–Trinajstić information content (AvgIpc) is 2.43. The Morgan fingerprint density at radius 3 is 1.94 bits per heavy atom. The molecule has 0 amide bonds. The molecule has 3 atom stereocenters. The van der Waals surface area contributed by atoms with Crippen LogP contribution in [0.1, 0.15) is 48.0 Å². The lowest BCUT2D eigenvalue weighted by Gasteiger charge is -2.41. The highest BCUT2D eigenvalue weighted by Crippen LogP contribution is 2.45. The Balaban J connectivity index is 3.03. The number of hydrogen-bond donors (Lipinski definition) is 1. The van der Waals surface area contributed by atoms with Gasteiger partial charge in [-0.05, 0) is 23.2 Å². The van der Waals surface area contributed by atoms with E-state index in [0.717, 1.165) is 13.0 Å². The van der Waals surface area contributed by atoms with Crippen LogP contribution in [-0.2, 0) is 11.3 Å². The van der Waals surface area contributed by atoms with Gasteiger partial charge in [0.05, 0.1) is 0 Å². The van der Waals surface area contributed by atoms with Crippen molar-refractivity contribution in [3.05, 3.63) is 0 Å². The van der Waals surface area contributed by atoms with E-state index in [9.17, 15) is 8.76 Å². The van der Waals surface area contributed by atoms with Crippen LogP contribution in [0, 0.1) is 16.7 Å². The van der Waals surface area contributed by atoms with Crippen LogP contribution in [0.2, 0.25) is 0 Å². The molecule has 1 heterocycles. The molecule has 0 aromatic heterocycles. The molecular weight excluding hydrogens is 222 g/mol. The average molecular weight is 247 g/mol. The van der Waals surface area contributed by atoms with E-state index < -0.39 is 11.3 Å². The Morgan fingerprint density at radius 1 is 1.12 bits per heavy atom. The third kappa shape index (κ3) is 2.84. The Bertz CT molecular complexity index is 278. The van der Waals surface area contributed by atoms with Gasteiger partial charge in [0.15, 0.2) is 0 Å². The van der Waals surface area contributed by atoms with Crippen molar-refractivity contribution in [3.8, 4) is 0 Å². The maximum absolute atomic E-state index is 11.4. The summed E-state index contributed by atoms with van der Waals surface area (Å²) in [5, 5.41) is 0. The zero-order chi connectivity index (χ0) is 12.7. The van der Waals surface area contributed by atoms with Crippen LogP contribution in [0.3, 0.4) is 0 Å². The van der Waals surface area contributed by atoms with E-state index in [-0.39, 0.29) is 16.9 Å². The molecule has 0 bridgehead atoms. The van der Waals surface area contributed by atoms with Gasteiger partial charge in [-0.15, -0.1) is 0 Å². The normalized spacial score (nSPS) is 30.7. The van der Waals surface area contributed by atoms with Gasteiger partial charge in [0.2, 0.25) is 11.3 Å². The first kappa shape index (κ1) is 14.1. The third-order valence-electron chi connectivity index (χ3n) is 3.55. The van der Waals surface area contributed by atoms with Gasteiger partial charge in [0.25, 0.3) is 0 Å². The van der Waals surface area contributed by atoms with Crippen molar-refractivity contribution in [2.75, 3.05) is 6.54 Å². The molecule has 1 N–H and O–H groups in total. The molecule has 0 aromatic rings. The van der Waals surface area contributed by atoms with Crippen LogP contribution in [-0.4, -0.2) is 25.7 Å². The maximum atomic E-state index is 11.4. The summed E-state index contributed by atoms with van der Waals surface area (Å²) in [7, 11) is 0. The van der Waals surface area contributed by atoms with Crippen molar-refractivity contribution >= 4 is 11.3 Å². The second kappa shape index (κ2) is 4.39. The molecule has 4 heteroatoms. The molecule has 16 heavy (non-hydrogen) atoms. The molecule has 1 aliphatic heterocycles. The molecular formula is C12H25NO2S. The van der Waals surface area contributed by atoms with Crippen LogP contribution < -0.4 is 0 Å². The van der Waals surface area contributed by atoms with Crippen LogP contribution in [0.4, 0.5) is 0 Å². The van der Waals surface area contributed by atoms with Crippen LogP contribution >= 0.6 is 0 Å². The van der Waals surface area contributed by atoms with Gasteiger partial charge in [0, 0.05) is 12.6 Å². The Labute approximate surface area is 102 Å². The molecule has 0 radical (unpaired) electrons. The molecule has 0 saturated carbocycles. The van der Waals surface area contributed by atoms with E-state index in [1.165, 1.54) is 0 Å². The predicted octanol–water partition coefficient (Wildman–Crippen LogP) is 2.91. The SMILES string of the molecule is CC(C)(C)C1CCN(S(=O)O)C1C(C)(C)C. The van der Waals surface area contributed by atoms with Crippen molar-refractivity contribution in [2.24, 2.45) is 16.7 Å². The fraction of sp³-hybridized carbons (Fsp3) is 1.00. The summed E-state index contributed by atoms with van der Waals surface area (Å²) in [6, 6.07) is 0.179. The third-order valence-corrected chi connectivity index (χ3v) is 4.36. The molecule has 1 fully saturated rings. The van der Waals surface area contributed by atoms with E-state index in [4.69, 9.17) is 0 Å². The van der Waals surface area contributed by atoms with Gasteiger partial charge >= 0.3 is 0 Å². The summed E-state index contributed by atoms with van der Waals surface area (Å²) < 4.78 is 22.5. The minimum atomic E-state index is -1.84. The summed E-state index contributed by atoms with van der Waals surface area (Å²) in [5.74, 6) is 0.476. The number of rotatable bonds is 1. The first-order valence-electron chi connectivity index (χ1n) is 5.93. The van der Waals surface area contributed by atoms with E-state index in [0.29, 0.717) is 5.92 Å². The smallest absolute Gasteiger partial charge is 0.234 e. The topological polar surface area (TPSA) is 40.5 Å². The lowest BCUT2D eigenvalue weighted by molar-refractivity contribution is 0.105. The van der Waals surface area contributed by atoms with Crippen molar-refractivity contribution in [3.63, 3.8) is 0 Å². The molecule has 3 nitrogen and oxygen atoms in total. The van der Waals surface area contributed by atoms with Crippen LogP contribution in [0.15, 0.2) is 0 Å². The quantitative estimate of drug-likeness (QED) is 0.724. The van der Waals surface area contributed by atoms with E-state index in [1.54, 1.807) is 4.31 Å². The maximum Gasteiger partial charge on any atom is 0.234 e.